The maximum Gasteiger partial charge on any atom is 0.233 e. The molecule has 0 aliphatic carbocycles. The number of hydrogen-bond donors (Lipinski definition) is 0. The topological polar surface area (TPSA) is 55.3 Å². The van der Waals surface area contributed by atoms with Gasteiger partial charge in [0.15, 0.2) is 0 Å². The van der Waals surface area contributed by atoms with Crippen LogP contribution in [0.5, 0.6) is 5.88 Å². The Morgan fingerprint density at radius 2 is 2.33 bits per heavy atom. The molecule has 0 bridgehead atoms. The van der Waals surface area contributed by atoms with Gasteiger partial charge < -0.3 is 9.64 Å². The van der Waals surface area contributed by atoms with Crippen molar-refractivity contribution in [2.45, 2.75) is 25.9 Å². The van der Waals surface area contributed by atoms with Crippen LogP contribution in [0.25, 0.3) is 0 Å². The van der Waals surface area contributed by atoms with Gasteiger partial charge in [0, 0.05) is 23.9 Å². The first-order valence-corrected chi connectivity index (χ1v) is 7.86. The highest BCUT2D eigenvalue weighted by molar-refractivity contribution is 7.10. The fourth-order valence-corrected chi connectivity index (χ4v) is 3.04. The molecular weight excluding hydrogens is 286 g/mol. The first-order valence-electron chi connectivity index (χ1n) is 6.98. The fourth-order valence-electron chi connectivity index (χ4n) is 2.35. The third kappa shape index (κ3) is 3.58. The zero-order chi connectivity index (χ0) is 14.7. The minimum Gasteiger partial charge on any atom is -0.471 e. The van der Waals surface area contributed by atoms with Crippen LogP contribution in [-0.2, 0) is 11.2 Å². The monoisotopic (exact) mass is 303 g/mol. The van der Waals surface area contributed by atoms with E-state index in [0.717, 1.165) is 23.5 Å². The number of carbonyl (C=O) groups excluding carboxylic acids is 1. The van der Waals surface area contributed by atoms with Crippen LogP contribution in [0.15, 0.2) is 29.6 Å². The van der Waals surface area contributed by atoms with Crippen molar-refractivity contribution in [2.75, 3.05) is 13.1 Å². The van der Waals surface area contributed by atoms with Crippen LogP contribution in [0, 0.1) is 6.92 Å². The van der Waals surface area contributed by atoms with Crippen molar-refractivity contribution in [3.05, 3.63) is 40.2 Å². The number of aryl methyl sites for hydroxylation is 1. The standard InChI is InChI=1S/C15H17N3O2S/c1-11-4-5-14(17-16-11)20-12-6-7-18(10-12)15(19)9-13-3-2-8-21-13/h2-5,8,12H,6-7,9-10H2,1H3/t12-/m1/s1. The summed E-state index contributed by atoms with van der Waals surface area (Å²) in [6.45, 7) is 3.26. The largest absolute Gasteiger partial charge is 0.471 e. The van der Waals surface area contributed by atoms with Crippen molar-refractivity contribution in [2.24, 2.45) is 0 Å². The van der Waals surface area contributed by atoms with Crippen LogP contribution in [-0.4, -0.2) is 40.2 Å². The van der Waals surface area contributed by atoms with Gasteiger partial charge in [0.2, 0.25) is 11.8 Å². The molecular formula is C15H17N3O2S. The van der Waals surface area contributed by atoms with E-state index in [1.807, 2.05) is 41.5 Å². The highest BCUT2D eigenvalue weighted by Gasteiger charge is 2.27. The molecule has 1 saturated heterocycles. The number of ether oxygens (including phenoxy) is 1. The average Bonchev–Trinajstić information content (AvgIpc) is 3.13. The number of nitrogens with zero attached hydrogens (tertiary/aromatic N) is 3. The Hall–Kier alpha value is -1.95. The van der Waals surface area contributed by atoms with Crippen molar-refractivity contribution in [1.82, 2.24) is 15.1 Å². The summed E-state index contributed by atoms with van der Waals surface area (Å²) >= 11 is 1.62. The normalized spacial score (nSPS) is 18.0. The summed E-state index contributed by atoms with van der Waals surface area (Å²) in [5, 5.41) is 9.96. The molecule has 110 valence electrons. The summed E-state index contributed by atoms with van der Waals surface area (Å²) in [5.74, 6) is 0.691. The van der Waals surface area contributed by atoms with Crippen molar-refractivity contribution in [3.63, 3.8) is 0 Å². The molecule has 3 rings (SSSR count). The number of hydrogen-bond acceptors (Lipinski definition) is 5. The van der Waals surface area contributed by atoms with Gasteiger partial charge in [-0.1, -0.05) is 6.07 Å². The van der Waals surface area contributed by atoms with Crippen molar-refractivity contribution >= 4 is 17.2 Å². The van der Waals surface area contributed by atoms with E-state index in [-0.39, 0.29) is 12.0 Å². The first kappa shape index (κ1) is 14.0. The Balaban J connectivity index is 1.53. The molecule has 0 saturated carbocycles. The van der Waals surface area contributed by atoms with Gasteiger partial charge in [0.05, 0.1) is 18.7 Å². The molecule has 0 spiro atoms. The lowest BCUT2D eigenvalue weighted by molar-refractivity contribution is -0.129. The minimum absolute atomic E-state index is 0.00860. The zero-order valence-electron chi connectivity index (χ0n) is 11.9. The van der Waals surface area contributed by atoms with E-state index in [2.05, 4.69) is 10.2 Å². The van der Waals surface area contributed by atoms with Crippen LogP contribution in [0.1, 0.15) is 17.0 Å². The lowest BCUT2D eigenvalue weighted by atomic mass is 10.3. The smallest absolute Gasteiger partial charge is 0.233 e. The van der Waals surface area contributed by atoms with Crippen molar-refractivity contribution in [3.8, 4) is 5.88 Å². The summed E-state index contributed by atoms with van der Waals surface area (Å²) < 4.78 is 5.78. The summed E-state index contributed by atoms with van der Waals surface area (Å²) in [6, 6.07) is 7.66. The van der Waals surface area contributed by atoms with Crippen LogP contribution in [0.2, 0.25) is 0 Å². The Bertz CT molecular complexity index is 598. The maximum absolute atomic E-state index is 12.2. The third-order valence-corrected chi connectivity index (χ3v) is 4.34. The lowest BCUT2D eigenvalue weighted by Gasteiger charge is -2.16. The lowest BCUT2D eigenvalue weighted by Crippen LogP contribution is -2.32. The SMILES string of the molecule is Cc1ccc(O[C@@H]2CCN(C(=O)Cc3cccs3)C2)nn1. The fraction of sp³-hybridized carbons (Fsp3) is 0.400. The van der Waals surface area contributed by atoms with E-state index in [1.54, 1.807) is 11.3 Å². The third-order valence-electron chi connectivity index (χ3n) is 3.46. The molecule has 0 unspecified atom stereocenters. The van der Waals surface area contributed by atoms with Gasteiger partial charge in [-0.25, -0.2) is 0 Å². The number of likely N-dealkylation sites (tertiary alicyclic amines) is 1. The molecule has 5 nitrogen and oxygen atoms in total. The van der Waals surface area contributed by atoms with E-state index >= 15 is 0 Å². The Morgan fingerprint density at radius 1 is 1.43 bits per heavy atom. The second kappa shape index (κ2) is 6.22. The van der Waals surface area contributed by atoms with Gasteiger partial charge in [-0.15, -0.1) is 16.4 Å². The first-order chi connectivity index (χ1) is 10.2. The Kier molecular flexibility index (Phi) is 4.15. The number of carbonyl (C=O) groups is 1. The quantitative estimate of drug-likeness (QED) is 0.867. The van der Waals surface area contributed by atoms with E-state index in [4.69, 9.17) is 4.74 Å². The molecule has 1 aliphatic rings. The van der Waals surface area contributed by atoms with Gasteiger partial charge in [0.25, 0.3) is 0 Å². The molecule has 2 aromatic heterocycles. The number of rotatable bonds is 4. The van der Waals surface area contributed by atoms with Crippen LogP contribution >= 0.6 is 11.3 Å². The molecule has 3 heterocycles. The van der Waals surface area contributed by atoms with E-state index in [9.17, 15) is 4.79 Å². The van der Waals surface area contributed by atoms with E-state index in [1.165, 1.54) is 0 Å². The van der Waals surface area contributed by atoms with Gasteiger partial charge in [-0.05, 0) is 24.4 Å². The molecule has 0 aromatic carbocycles. The van der Waals surface area contributed by atoms with Crippen molar-refractivity contribution < 1.29 is 9.53 Å². The molecule has 6 heteroatoms. The van der Waals surface area contributed by atoms with Gasteiger partial charge in [-0.2, -0.15) is 5.10 Å². The van der Waals surface area contributed by atoms with E-state index in [0.29, 0.717) is 18.8 Å². The molecule has 1 aliphatic heterocycles. The number of aromatic nitrogens is 2. The number of amides is 1. The average molecular weight is 303 g/mol. The summed E-state index contributed by atoms with van der Waals surface area (Å²) in [6.07, 6.45) is 1.33. The molecule has 0 N–H and O–H groups in total. The highest BCUT2D eigenvalue weighted by Crippen LogP contribution is 2.18. The summed E-state index contributed by atoms with van der Waals surface area (Å²) in [4.78, 5) is 15.2. The van der Waals surface area contributed by atoms with Crippen LogP contribution in [0.3, 0.4) is 0 Å². The van der Waals surface area contributed by atoms with Crippen LogP contribution < -0.4 is 4.74 Å². The van der Waals surface area contributed by atoms with Gasteiger partial charge >= 0.3 is 0 Å². The molecule has 0 radical (unpaired) electrons. The number of thiophene rings is 1. The summed E-state index contributed by atoms with van der Waals surface area (Å²) in [7, 11) is 0. The maximum atomic E-state index is 12.2. The van der Waals surface area contributed by atoms with Crippen LogP contribution in [0.4, 0.5) is 0 Å². The summed E-state index contributed by atoms with van der Waals surface area (Å²) in [5.41, 5.74) is 0.863. The second-order valence-electron chi connectivity index (χ2n) is 5.14. The zero-order valence-corrected chi connectivity index (χ0v) is 12.7. The highest BCUT2D eigenvalue weighted by atomic mass is 32.1. The van der Waals surface area contributed by atoms with Gasteiger partial charge in [0.1, 0.15) is 6.10 Å². The molecule has 1 amide bonds. The van der Waals surface area contributed by atoms with E-state index < -0.39 is 0 Å². The Labute approximate surface area is 127 Å². The molecule has 1 fully saturated rings. The minimum atomic E-state index is 0.00860. The predicted molar refractivity (Wildman–Crippen MR) is 80.4 cm³/mol. The predicted octanol–water partition coefficient (Wildman–Crippen LogP) is 2.07. The molecule has 2 aromatic rings. The molecule has 21 heavy (non-hydrogen) atoms. The molecule has 1 atom stereocenters. The second-order valence-corrected chi connectivity index (χ2v) is 6.17. The Morgan fingerprint density at radius 3 is 3.05 bits per heavy atom. The van der Waals surface area contributed by atoms with Gasteiger partial charge in [-0.3, -0.25) is 4.79 Å². The van der Waals surface area contributed by atoms with Crippen molar-refractivity contribution in [1.29, 1.82) is 0 Å².